The standard InChI is InChI=1S/C15H15NOS/c17-14(11-5-2-1-3-6-11)9-13-10-18-15(16-13)12-7-4-8-12/h1-3,5-6,10,12H,4,7-9H2. The van der Waals surface area contributed by atoms with Crippen molar-refractivity contribution in [2.75, 3.05) is 0 Å². The summed E-state index contributed by atoms with van der Waals surface area (Å²) in [6, 6.07) is 9.44. The van der Waals surface area contributed by atoms with Crippen LogP contribution in [0.15, 0.2) is 35.7 Å². The normalized spacial score (nSPS) is 15.3. The van der Waals surface area contributed by atoms with Crippen molar-refractivity contribution < 1.29 is 4.79 Å². The van der Waals surface area contributed by atoms with E-state index in [0.717, 1.165) is 11.3 Å². The molecule has 0 bridgehead atoms. The molecule has 1 aliphatic rings. The smallest absolute Gasteiger partial charge is 0.168 e. The van der Waals surface area contributed by atoms with Crippen molar-refractivity contribution in [1.82, 2.24) is 4.98 Å². The average molecular weight is 257 g/mol. The molecule has 18 heavy (non-hydrogen) atoms. The predicted molar refractivity (Wildman–Crippen MR) is 73.2 cm³/mol. The summed E-state index contributed by atoms with van der Waals surface area (Å²) in [5.41, 5.74) is 1.70. The Hall–Kier alpha value is -1.48. The largest absolute Gasteiger partial charge is 0.294 e. The Morgan fingerprint density at radius 3 is 2.72 bits per heavy atom. The maximum atomic E-state index is 12.0. The van der Waals surface area contributed by atoms with Gasteiger partial charge in [0.15, 0.2) is 5.78 Å². The number of hydrogen-bond donors (Lipinski definition) is 0. The summed E-state index contributed by atoms with van der Waals surface area (Å²) >= 11 is 1.71. The molecule has 2 nitrogen and oxygen atoms in total. The molecule has 1 aromatic heterocycles. The lowest BCUT2D eigenvalue weighted by Gasteiger charge is -2.22. The fraction of sp³-hybridized carbons (Fsp3) is 0.333. The van der Waals surface area contributed by atoms with E-state index in [0.29, 0.717) is 12.3 Å². The van der Waals surface area contributed by atoms with Crippen LogP contribution in [0.1, 0.15) is 46.2 Å². The number of hydrogen-bond acceptors (Lipinski definition) is 3. The van der Waals surface area contributed by atoms with Crippen LogP contribution in [0.5, 0.6) is 0 Å². The van der Waals surface area contributed by atoms with E-state index in [1.165, 1.54) is 24.3 Å². The Balaban J connectivity index is 1.69. The Kier molecular flexibility index (Phi) is 3.24. The molecule has 0 aliphatic heterocycles. The molecule has 3 rings (SSSR count). The topological polar surface area (TPSA) is 30.0 Å². The first kappa shape index (κ1) is 11.6. The molecule has 92 valence electrons. The zero-order valence-electron chi connectivity index (χ0n) is 10.1. The van der Waals surface area contributed by atoms with Crippen LogP contribution < -0.4 is 0 Å². The highest BCUT2D eigenvalue weighted by molar-refractivity contribution is 7.09. The van der Waals surface area contributed by atoms with Gasteiger partial charge in [0, 0.05) is 16.9 Å². The minimum Gasteiger partial charge on any atom is -0.294 e. The molecule has 0 saturated heterocycles. The minimum absolute atomic E-state index is 0.154. The molecule has 0 unspecified atom stereocenters. The van der Waals surface area contributed by atoms with E-state index in [1.54, 1.807) is 11.3 Å². The van der Waals surface area contributed by atoms with Crippen molar-refractivity contribution in [2.24, 2.45) is 0 Å². The monoisotopic (exact) mass is 257 g/mol. The predicted octanol–water partition coefficient (Wildman–Crippen LogP) is 3.84. The number of aromatic nitrogens is 1. The van der Waals surface area contributed by atoms with Gasteiger partial charge in [0.1, 0.15) is 0 Å². The lowest BCUT2D eigenvalue weighted by atomic mass is 9.86. The molecular weight excluding hydrogens is 242 g/mol. The lowest BCUT2D eigenvalue weighted by Crippen LogP contribution is -2.09. The Morgan fingerprint density at radius 2 is 2.06 bits per heavy atom. The highest BCUT2D eigenvalue weighted by atomic mass is 32.1. The van der Waals surface area contributed by atoms with Gasteiger partial charge in [-0.15, -0.1) is 11.3 Å². The molecule has 0 spiro atoms. The van der Waals surface area contributed by atoms with Crippen LogP contribution >= 0.6 is 11.3 Å². The highest BCUT2D eigenvalue weighted by Crippen LogP contribution is 2.37. The fourth-order valence-electron chi connectivity index (χ4n) is 2.14. The molecule has 2 aromatic rings. The molecular formula is C15H15NOS. The molecule has 1 saturated carbocycles. The van der Waals surface area contributed by atoms with Gasteiger partial charge in [-0.25, -0.2) is 4.98 Å². The first-order valence-electron chi connectivity index (χ1n) is 6.35. The number of nitrogens with zero attached hydrogens (tertiary/aromatic N) is 1. The SMILES string of the molecule is O=C(Cc1csc(C2CCC2)n1)c1ccccc1. The highest BCUT2D eigenvalue weighted by Gasteiger charge is 2.22. The number of carbonyl (C=O) groups excluding carboxylic acids is 1. The van der Waals surface area contributed by atoms with E-state index in [-0.39, 0.29) is 5.78 Å². The Morgan fingerprint density at radius 1 is 1.28 bits per heavy atom. The van der Waals surface area contributed by atoms with E-state index < -0.39 is 0 Å². The van der Waals surface area contributed by atoms with Crippen LogP contribution in [0.25, 0.3) is 0 Å². The zero-order valence-corrected chi connectivity index (χ0v) is 11.0. The number of carbonyl (C=O) groups is 1. The zero-order chi connectivity index (χ0) is 12.4. The first-order valence-corrected chi connectivity index (χ1v) is 7.23. The van der Waals surface area contributed by atoms with Gasteiger partial charge in [0.2, 0.25) is 0 Å². The van der Waals surface area contributed by atoms with E-state index in [4.69, 9.17) is 0 Å². The Labute approximate surface area is 111 Å². The second-order valence-electron chi connectivity index (χ2n) is 4.77. The van der Waals surface area contributed by atoms with E-state index in [2.05, 4.69) is 4.98 Å². The molecule has 0 amide bonds. The third-order valence-electron chi connectivity index (χ3n) is 3.46. The lowest BCUT2D eigenvalue weighted by molar-refractivity contribution is 0.0992. The van der Waals surface area contributed by atoms with Crippen LogP contribution in [0, 0.1) is 0 Å². The van der Waals surface area contributed by atoms with Gasteiger partial charge in [0.25, 0.3) is 0 Å². The second-order valence-corrected chi connectivity index (χ2v) is 5.66. The summed E-state index contributed by atoms with van der Waals surface area (Å²) in [4.78, 5) is 16.6. The van der Waals surface area contributed by atoms with Gasteiger partial charge in [-0.3, -0.25) is 4.79 Å². The van der Waals surface area contributed by atoms with Crippen molar-refractivity contribution in [3.63, 3.8) is 0 Å². The molecule has 3 heteroatoms. The van der Waals surface area contributed by atoms with Gasteiger partial charge in [-0.2, -0.15) is 0 Å². The number of rotatable bonds is 4. The van der Waals surface area contributed by atoms with Crippen molar-refractivity contribution in [1.29, 1.82) is 0 Å². The summed E-state index contributed by atoms with van der Waals surface area (Å²) in [5, 5.41) is 3.26. The van der Waals surface area contributed by atoms with Gasteiger partial charge in [-0.1, -0.05) is 36.8 Å². The van der Waals surface area contributed by atoms with Crippen molar-refractivity contribution >= 4 is 17.1 Å². The van der Waals surface area contributed by atoms with Crippen LogP contribution in [0.4, 0.5) is 0 Å². The number of ketones is 1. The molecule has 1 aliphatic carbocycles. The molecule has 1 heterocycles. The van der Waals surface area contributed by atoms with Crippen molar-refractivity contribution in [2.45, 2.75) is 31.6 Å². The quantitative estimate of drug-likeness (QED) is 0.779. The van der Waals surface area contributed by atoms with Gasteiger partial charge in [0.05, 0.1) is 17.1 Å². The van der Waals surface area contributed by atoms with Crippen molar-refractivity contribution in [3.05, 3.63) is 52.0 Å². The molecule has 1 fully saturated rings. The maximum Gasteiger partial charge on any atom is 0.168 e. The van der Waals surface area contributed by atoms with Crippen molar-refractivity contribution in [3.8, 4) is 0 Å². The number of benzene rings is 1. The summed E-state index contributed by atoms with van der Waals surface area (Å²) in [7, 11) is 0. The second kappa shape index (κ2) is 5.02. The number of thiazole rings is 1. The third-order valence-corrected chi connectivity index (χ3v) is 4.52. The van der Waals surface area contributed by atoms with Crippen LogP contribution in [-0.2, 0) is 6.42 Å². The van der Waals surface area contributed by atoms with Crippen LogP contribution in [0.3, 0.4) is 0 Å². The minimum atomic E-state index is 0.154. The van der Waals surface area contributed by atoms with Crippen LogP contribution in [-0.4, -0.2) is 10.8 Å². The molecule has 0 radical (unpaired) electrons. The maximum absolute atomic E-state index is 12.0. The summed E-state index contributed by atoms with van der Waals surface area (Å²) in [6.45, 7) is 0. The third kappa shape index (κ3) is 2.36. The van der Waals surface area contributed by atoms with E-state index in [9.17, 15) is 4.79 Å². The first-order chi connectivity index (χ1) is 8.83. The summed E-state index contributed by atoms with van der Waals surface area (Å²) in [6.07, 6.45) is 4.27. The fourth-order valence-corrected chi connectivity index (χ4v) is 3.13. The van der Waals surface area contributed by atoms with Gasteiger partial charge >= 0.3 is 0 Å². The summed E-state index contributed by atoms with van der Waals surface area (Å²) in [5.74, 6) is 0.816. The van der Waals surface area contributed by atoms with Gasteiger partial charge < -0.3 is 0 Å². The van der Waals surface area contributed by atoms with Gasteiger partial charge in [-0.05, 0) is 12.8 Å². The summed E-state index contributed by atoms with van der Waals surface area (Å²) < 4.78 is 0. The van der Waals surface area contributed by atoms with E-state index in [1.807, 2.05) is 35.7 Å². The van der Waals surface area contributed by atoms with E-state index >= 15 is 0 Å². The molecule has 0 atom stereocenters. The Bertz CT molecular complexity index is 543. The van der Waals surface area contributed by atoms with Crippen LogP contribution in [0.2, 0.25) is 0 Å². The molecule has 0 N–H and O–H groups in total. The number of Topliss-reactive ketones (excluding diaryl/α,β-unsaturated/α-hetero) is 1. The molecule has 1 aromatic carbocycles. The average Bonchev–Trinajstić information content (AvgIpc) is 2.76.